The van der Waals surface area contributed by atoms with E-state index < -0.39 is 0 Å². The van der Waals surface area contributed by atoms with Crippen LogP contribution in [0.1, 0.15) is 28.5 Å². The number of aromatic nitrogens is 2. The third-order valence-corrected chi connectivity index (χ3v) is 3.82. The number of anilines is 1. The molecule has 0 fully saturated rings. The first kappa shape index (κ1) is 17.4. The topological polar surface area (TPSA) is 82.5 Å². The molecule has 0 saturated carbocycles. The minimum Gasteiger partial charge on any atom is -0.462 e. The largest absolute Gasteiger partial charge is 0.462 e. The quantitative estimate of drug-likeness (QED) is 0.565. The van der Waals surface area contributed by atoms with E-state index >= 15 is 0 Å². The number of esters is 1. The van der Waals surface area contributed by atoms with Crippen molar-refractivity contribution in [3.8, 4) is 11.1 Å². The van der Waals surface area contributed by atoms with Crippen molar-refractivity contribution in [1.29, 1.82) is 0 Å². The molecule has 1 aromatic heterocycles. The van der Waals surface area contributed by atoms with Gasteiger partial charge in [-0.05, 0) is 37.1 Å². The Bertz CT molecular complexity index is 943. The average molecular weight is 348 g/mol. The van der Waals surface area contributed by atoms with Crippen molar-refractivity contribution in [3.63, 3.8) is 0 Å². The fourth-order valence-corrected chi connectivity index (χ4v) is 2.59. The van der Waals surface area contributed by atoms with Crippen LogP contribution in [-0.2, 0) is 4.74 Å². The van der Waals surface area contributed by atoms with E-state index in [0.29, 0.717) is 18.1 Å². The molecule has 3 aromatic rings. The van der Waals surface area contributed by atoms with E-state index in [9.17, 15) is 4.79 Å². The van der Waals surface area contributed by atoms with Crippen LogP contribution < -0.4 is 5.73 Å². The minimum atomic E-state index is -0.320. The first-order chi connectivity index (χ1) is 12.6. The van der Waals surface area contributed by atoms with Gasteiger partial charge in [0.2, 0.25) is 5.95 Å². The number of nitrogen functional groups attached to an aromatic ring is 1. The van der Waals surface area contributed by atoms with E-state index in [2.05, 4.69) is 10.1 Å². The van der Waals surface area contributed by atoms with E-state index in [-0.39, 0.29) is 5.97 Å². The van der Waals surface area contributed by atoms with E-state index in [4.69, 9.17) is 10.5 Å². The number of ether oxygens (including phenoxy) is 1. The molecule has 0 bridgehead atoms. The maximum Gasteiger partial charge on any atom is 0.338 e. The molecule has 6 nitrogen and oxygen atoms in total. The number of nitrogens with zero attached hydrogens (tertiary/aromatic N) is 3. The third-order valence-electron chi connectivity index (χ3n) is 3.82. The molecule has 1 heterocycles. The maximum absolute atomic E-state index is 11.8. The molecule has 0 radical (unpaired) electrons. The predicted octanol–water partition coefficient (Wildman–Crippen LogP) is 3.50. The SMILES string of the molecule is CCOC(=O)c1ccc(-c2ccccc2C=Nn2cc(C)nc2N)cc1. The molecule has 6 heteroatoms. The lowest BCUT2D eigenvalue weighted by molar-refractivity contribution is 0.0526. The van der Waals surface area contributed by atoms with Crippen LogP contribution in [0.3, 0.4) is 0 Å². The predicted molar refractivity (Wildman–Crippen MR) is 102 cm³/mol. The van der Waals surface area contributed by atoms with Crippen LogP contribution in [0.25, 0.3) is 11.1 Å². The third kappa shape index (κ3) is 3.80. The molecule has 0 aliphatic heterocycles. The summed E-state index contributed by atoms with van der Waals surface area (Å²) in [6.07, 6.45) is 3.51. The van der Waals surface area contributed by atoms with Gasteiger partial charge in [-0.2, -0.15) is 5.10 Å². The number of hydrogen-bond acceptors (Lipinski definition) is 5. The molecule has 0 amide bonds. The highest BCUT2D eigenvalue weighted by Crippen LogP contribution is 2.23. The summed E-state index contributed by atoms with van der Waals surface area (Å²) >= 11 is 0. The number of carbonyl (C=O) groups excluding carboxylic acids is 1. The second-order valence-electron chi connectivity index (χ2n) is 5.71. The summed E-state index contributed by atoms with van der Waals surface area (Å²) in [7, 11) is 0. The minimum absolute atomic E-state index is 0.320. The summed E-state index contributed by atoms with van der Waals surface area (Å²) < 4.78 is 6.56. The average Bonchev–Trinajstić information content (AvgIpc) is 2.98. The van der Waals surface area contributed by atoms with Crippen LogP contribution >= 0.6 is 0 Å². The van der Waals surface area contributed by atoms with Gasteiger partial charge in [0.1, 0.15) is 0 Å². The monoisotopic (exact) mass is 348 g/mol. The summed E-state index contributed by atoms with van der Waals surface area (Å²) in [5, 5.41) is 4.38. The van der Waals surface area contributed by atoms with Gasteiger partial charge in [0.15, 0.2) is 0 Å². The zero-order chi connectivity index (χ0) is 18.5. The second kappa shape index (κ2) is 7.65. The Morgan fingerprint density at radius 3 is 2.62 bits per heavy atom. The van der Waals surface area contributed by atoms with Gasteiger partial charge in [-0.3, -0.25) is 0 Å². The smallest absolute Gasteiger partial charge is 0.338 e. The molecule has 0 unspecified atom stereocenters. The summed E-state index contributed by atoms with van der Waals surface area (Å²) in [4.78, 5) is 15.9. The van der Waals surface area contributed by atoms with Crippen LogP contribution in [0.2, 0.25) is 0 Å². The molecule has 0 atom stereocenters. The molecule has 3 rings (SSSR count). The first-order valence-corrected chi connectivity index (χ1v) is 8.31. The van der Waals surface area contributed by atoms with Gasteiger partial charge in [-0.15, -0.1) is 0 Å². The van der Waals surface area contributed by atoms with Gasteiger partial charge in [0.25, 0.3) is 0 Å². The van der Waals surface area contributed by atoms with E-state index in [1.165, 1.54) is 4.68 Å². The van der Waals surface area contributed by atoms with E-state index in [1.54, 1.807) is 31.5 Å². The van der Waals surface area contributed by atoms with Gasteiger partial charge in [0, 0.05) is 5.56 Å². The summed E-state index contributed by atoms with van der Waals surface area (Å²) in [6.45, 7) is 4.01. The zero-order valence-corrected chi connectivity index (χ0v) is 14.7. The van der Waals surface area contributed by atoms with Gasteiger partial charge in [-0.25, -0.2) is 14.5 Å². The van der Waals surface area contributed by atoms with Crippen molar-refractivity contribution < 1.29 is 9.53 Å². The van der Waals surface area contributed by atoms with Crippen LogP contribution in [0, 0.1) is 6.92 Å². The fraction of sp³-hybridized carbons (Fsp3) is 0.150. The van der Waals surface area contributed by atoms with Crippen molar-refractivity contribution in [2.24, 2.45) is 5.10 Å². The van der Waals surface area contributed by atoms with Crippen LogP contribution in [0.5, 0.6) is 0 Å². The van der Waals surface area contributed by atoms with Crippen LogP contribution in [0.4, 0.5) is 5.95 Å². The Kier molecular flexibility index (Phi) is 5.12. The Morgan fingerprint density at radius 1 is 1.23 bits per heavy atom. The molecular formula is C20H20N4O2. The number of imidazole rings is 1. The lowest BCUT2D eigenvalue weighted by Crippen LogP contribution is -2.04. The van der Waals surface area contributed by atoms with Gasteiger partial charge < -0.3 is 10.5 Å². The Labute approximate surface area is 151 Å². The van der Waals surface area contributed by atoms with Crippen molar-refractivity contribution in [2.75, 3.05) is 12.3 Å². The molecular weight excluding hydrogens is 328 g/mol. The Balaban J connectivity index is 1.89. The number of carbonyl (C=O) groups is 1. The highest BCUT2D eigenvalue weighted by atomic mass is 16.5. The molecule has 26 heavy (non-hydrogen) atoms. The summed E-state index contributed by atoms with van der Waals surface area (Å²) in [5.41, 5.74) is 10.1. The molecule has 132 valence electrons. The first-order valence-electron chi connectivity index (χ1n) is 8.31. The highest BCUT2D eigenvalue weighted by Gasteiger charge is 2.08. The van der Waals surface area contributed by atoms with Gasteiger partial charge in [0.05, 0.1) is 30.3 Å². The van der Waals surface area contributed by atoms with E-state index in [1.807, 2.05) is 43.3 Å². The van der Waals surface area contributed by atoms with Gasteiger partial charge in [-0.1, -0.05) is 36.4 Å². The second-order valence-corrected chi connectivity index (χ2v) is 5.71. The number of aryl methyl sites for hydroxylation is 1. The lowest BCUT2D eigenvalue weighted by Gasteiger charge is -2.07. The molecule has 2 aromatic carbocycles. The summed E-state index contributed by atoms with van der Waals surface area (Å²) in [5.74, 6) is 0.0230. The maximum atomic E-state index is 11.8. The molecule has 0 spiro atoms. The van der Waals surface area contributed by atoms with Gasteiger partial charge >= 0.3 is 5.97 Å². The summed E-state index contributed by atoms with van der Waals surface area (Å²) in [6, 6.07) is 15.2. The van der Waals surface area contributed by atoms with Crippen molar-refractivity contribution in [1.82, 2.24) is 9.66 Å². The Hall–Kier alpha value is -3.41. The lowest BCUT2D eigenvalue weighted by atomic mass is 9.99. The van der Waals surface area contributed by atoms with Crippen LogP contribution in [-0.4, -0.2) is 28.5 Å². The van der Waals surface area contributed by atoms with Crippen LogP contribution in [0.15, 0.2) is 59.8 Å². The van der Waals surface area contributed by atoms with Crippen molar-refractivity contribution >= 4 is 18.1 Å². The van der Waals surface area contributed by atoms with E-state index in [0.717, 1.165) is 22.4 Å². The molecule has 0 aliphatic carbocycles. The number of hydrogen-bond donors (Lipinski definition) is 1. The van der Waals surface area contributed by atoms with Crippen molar-refractivity contribution in [3.05, 3.63) is 71.5 Å². The fourth-order valence-electron chi connectivity index (χ4n) is 2.59. The Morgan fingerprint density at radius 2 is 1.96 bits per heavy atom. The standard InChI is InChI=1S/C20H20N4O2/c1-3-26-19(25)16-10-8-15(9-11-16)18-7-5-4-6-17(18)12-22-24-13-14(2)23-20(24)21/h4-13H,3H2,1-2H3,(H2,21,23). The highest BCUT2D eigenvalue weighted by molar-refractivity contribution is 5.92. The number of nitrogens with two attached hydrogens (primary N) is 1. The zero-order valence-electron chi connectivity index (χ0n) is 14.7. The molecule has 0 aliphatic rings. The number of rotatable bonds is 5. The number of benzene rings is 2. The molecule has 2 N–H and O–H groups in total. The molecule has 0 saturated heterocycles. The van der Waals surface area contributed by atoms with Crippen molar-refractivity contribution in [2.45, 2.75) is 13.8 Å². The normalized spacial score (nSPS) is 11.0.